The lowest BCUT2D eigenvalue weighted by Gasteiger charge is -2.08. The first-order chi connectivity index (χ1) is 11.5. The fourth-order valence-corrected chi connectivity index (χ4v) is 3.49. The van der Waals surface area contributed by atoms with Crippen molar-refractivity contribution in [2.75, 3.05) is 10.6 Å². The molecular formula is C17H13BrClN3OS. The van der Waals surface area contributed by atoms with E-state index in [0.717, 1.165) is 15.7 Å². The molecule has 7 heteroatoms. The van der Waals surface area contributed by atoms with Gasteiger partial charge in [-0.25, -0.2) is 4.98 Å². The molecule has 2 N–H and O–H groups in total. The number of aryl methyl sites for hydroxylation is 1. The zero-order valence-electron chi connectivity index (χ0n) is 12.6. The summed E-state index contributed by atoms with van der Waals surface area (Å²) in [5.41, 5.74) is 2.43. The zero-order chi connectivity index (χ0) is 17.1. The largest absolute Gasteiger partial charge is 0.331 e. The highest BCUT2D eigenvalue weighted by atomic mass is 79.9. The van der Waals surface area contributed by atoms with Crippen molar-refractivity contribution < 1.29 is 4.79 Å². The van der Waals surface area contributed by atoms with E-state index >= 15 is 0 Å². The number of nitrogens with zero attached hydrogens (tertiary/aromatic N) is 1. The predicted molar refractivity (Wildman–Crippen MR) is 104 cm³/mol. The molecule has 0 aliphatic heterocycles. The molecule has 24 heavy (non-hydrogen) atoms. The number of hydrogen-bond donors (Lipinski definition) is 2. The minimum absolute atomic E-state index is 0.231. The third-order valence-corrected chi connectivity index (χ3v) is 4.99. The molecule has 1 amide bonds. The predicted octanol–water partition coefficient (Wildman–Crippen LogP) is 5.86. The van der Waals surface area contributed by atoms with Crippen LogP contribution >= 0.6 is 38.9 Å². The lowest BCUT2D eigenvalue weighted by molar-refractivity contribution is 0.103. The van der Waals surface area contributed by atoms with Gasteiger partial charge in [0.05, 0.1) is 16.9 Å². The highest BCUT2D eigenvalue weighted by Crippen LogP contribution is 2.28. The molecule has 0 aliphatic rings. The number of amides is 1. The van der Waals surface area contributed by atoms with Crippen LogP contribution in [0.4, 0.5) is 16.5 Å². The Morgan fingerprint density at radius 3 is 2.79 bits per heavy atom. The highest BCUT2D eigenvalue weighted by Gasteiger charge is 2.14. The van der Waals surface area contributed by atoms with E-state index in [0.29, 0.717) is 20.7 Å². The van der Waals surface area contributed by atoms with Gasteiger partial charge in [-0.05, 0) is 36.8 Å². The van der Waals surface area contributed by atoms with E-state index in [2.05, 4.69) is 31.5 Å². The first-order valence-electron chi connectivity index (χ1n) is 7.08. The molecule has 2 aromatic carbocycles. The molecule has 4 nitrogen and oxygen atoms in total. The molecule has 1 aromatic heterocycles. The number of anilines is 3. The number of aromatic nitrogens is 1. The van der Waals surface area contributed by atoms with Crippen molar-refractivity contribution in [2.45, 2.75) is 6.92 Å². The van der Waals surface area contributed by atoms with Gasteiger partial charge in [-0.3, -0.25) is 4.79 Å². The molecule has 0 radical (unpaired) electrons. The highest BCUT2D eigenvalue weighted by molar-refractivity contribution is 9.10. The van der Waals surface area contributed by atoms with Gasteiger partial charge < -0.3 is 10.6 Å². The Balaban J connectivity index is 1.74. The van der Waals surface area contributed by atoms with Gasteiger partial charge in [0, 0.05) is 10.2 Å². The number of thiazole rings is 1. The first-order valence-corrected chi connectivity index (χ1v) is 9.06. The van der Waals surface area contributed by atoms with Crippen LogP contribution in [0.3, 0.4) is 0 Å². The lowest BCUT2D eigenvalue weighted by Crippen LogP contribution is -2.11. The average Bonchev–Trinajstić information content (AvgIpc) is 2.99. The minimum atomic E-state index is -0.231. The van der Waals surface area contributed by atoms with Crippen molar-refractivity contribution in [3.05, 3.63) is 68.6 Å². The van der Waals surface area contributed by atoms with Crippen molar-refractivity contribution >= 4 is 61.3 Å². The van der Waals surface area contributed by atoms with E-state index in [9.17, 15) is 4.79 Å². The maximum Gasteiger partial charge on any atom is 0.267 e. The normalized spacial score (nSPS) is 10.5. The smallest absolute Gasteiger partial charge is 0.267 e. The second kappa shape index (κ2) is 7.34. The Morgan fingerprint density at radius 2 is 2.04 bits per heavy atom. The van der Waals surface area contributed by atoms with Crippen molar-refractivity contribution in [3.8, 4) is 0 Å². The van der Waals surface area contributed by atoms with Crippen LogP contribution in [-0.4, -0.2) is 10.9 Å². The number of halogens is 2. The molecule has 0 spiro atoms. The second-order valence-corrected chi connectivity index (χ2v) is 7.40. The Morgan fingerprint density at radius 1 is 1.25 bits per heavy atom. The number of rotatable bonds is 4. The Bertz CT molecular complexity index is 877. The molecule has 0 aliphatic carbocycles. The average molecular weight is 423 g/mol. The molecule has 0 unspecified atom stereocenters. The SMILES string of the molecule is Cc1cccc(Cl)c1NC(=O)c1cnc(Nc2cccc(Br)c2)s1. The fraction of sp³-hybridized carbons (Fsp3) is 0.0588. The maximum atomic E-state index is 12.4. The van der Waals surface area contributed by atoms with Gasteiger partial charge in [-0.2, -0.15) is 0 Å². The Kier molecular flexibility index (Phi) is 5.18. The molecule has 0 saturated carbocycles. The third kappa shape index (κ3) is 3.95. The summed E-state index contributed by atoms with van der Waals surface area (Å²) in [5, 5.41) is 7.18. The summed E-state index contributed by atoms with van der Waals surface area (Å²) in [5.74, 6) is -0.231. The summed E-state index contributed by atoms with van der Waals surface area (Å²) in [6.45, 7) is 1.90. The topological polar surface area (TPSA) is 54.0 Å². The van der Waals surface area contributed by atoms with Crippen molar-refractivity contribution in [3.63, 3.8) is 0 Å². The van der Waals surface area contributed by atoms with Crippen molar-refractivity contribution in [1.29, 1.82) is 0 Å². The molecule has 0 saturated heterocycles. The van der Waals surface area contributed by atoms with E-state index in [1.54, 1.807) is 12.3 Å². The van der Waals surface area contributed by atoms with E-state index in [1.165, 1.54) is 11.3 Å². The van der Waals surface area contributed by atoms with E-state index in [-0.39, 0.29) is 5.91 Å². The molecule has 3 aromatic rings. The van der Waals surface area contributed by atoms with Crippen LogP contribution in [0.25, 0.3) is 0 Å². The van der Waals surface area contributed by atoms with Gasteiger partial charge >= 0.3 is 0 Å². The number of para-hydroxylation sites is 1. The fourth-order valence-electron chi connectivity index (χ4n) is 2.09. The second-order valence-electron chi connectivity index (χ2n) is 5.05. The van der Waals surface area contributed by atoms with Gasteiger partial charge in [0.1, 0.15) is 4.88 Å². The first kappa shape index (κ1) is 17.0. The van der Waals surface area contributed by atoms with Crippen LogP contribution < -0.4 is 10.6 Å². The number of carbonyl (C=O) groups excluding carboxylic acids is 1. The van der Waals surface area contributed by atoms with E-state index in [1.807, 2.05) is 43.3 Å². The molecule has 0 bridgehead atoms. The molecule has 0 atom stereocenters. The number of hydrogen-bond acceptors (Lipinski definition) is 4. The Hall–Kier alpha value is -1.89. The molecule has 122 valence electrons. The van der Waals surface area contributed by atoms with Gasteiger partial charge in [0.25, 0.3) is 5.91 Å². The van der Waals surface area contributed by atoms with Crippen molar-refractivity contribution in [2.24, 2.45) is 0 Å². The van der Waals surface area contributed by atoms with E-state index in [4.69, 9.17) is 11.6 Å². The summed E-state index contributed by atoms with van der Waals surface area (Å²) < 4.78 is 0.969. The van der Waals surface area contributed by atoms with Gasteiger partial charge in [0.2, 0.25) is 0 Å². The summed E-state index contributed by atoms with van der Waals surface area (Å²) in [6, 6.07) is 13.2. The molecule has 3 rings (SSSR count). The Labute approximate surface area is 157 Å². The van der Waals surface area contributed by atoms with Gasteiger partial charge in [-0.1, -0.05) is 57.1 Å². The van der Waals surface area contributed by atoms with Gasteiger partial charge in [-0.15, -0.1) is 0 Å². The van der Waals surface area contributed by atoms with Crippen LogP contribution in [0, 0.1) is 6.92 Å². The quantitative estimate of drug-likeness (QED) is 0.553. The number of benzene rings is 2. The third-order valence-electron chi connectivity index (χ3n) is 3.27. The lowest BCUT2D eigenvalue weighted by atomic mass is 10.2. The van der Waals surface area contributed by atoms with Gasteiger partial charge in [0.15, 0.2) is 5.13 Å². The number of carbonyl (C=O) groups is 1. The summed E-state index contributed by atoms with van der Waals surface area (Å²) in [6.07, 6.45) is 1.55. The van der Waals surface area contributed by atoms with Crippen LogP contribution in [0.2, 0.25) is 5.02 Å². The molecule has 1 heterocycles. The van der Waals surface area contributed by atoms with Crippen LogP contribution in [0.5, 0.6) is 0 Å². The van der Waals surface area contributed by atoms with Crippen molar-refractivity contribution in [1.82, 2.24) is 4.98 Å². The molecule has 0 fully saturated rings. The van der Waals surface area contributed by atoms with Crippen LogP contribution in [0.15, 0.2) is 53.1 Å². The summed E-state index contributed by atoms with van der Waals surface area (Å²) in [7, 11) is 0. The summed E-state index contributed by atoms with van der Waals surface area (Å²) >= 11 is 10.8. The minimum Gasteiger partial charge on any atom is -0.331 e. The van der Waals surface area contributed by atoms with E-state index < -0.39 is 0 Å². The van der Waals surface area contributed by atoms with Crippen LogP contribution in [-0.2, 0) is 0 Å². The summed E-state index contributed by atoms with van der Waals surface area (Å²) in [4.78, 5) is 17.2. The zero-order valence-corrected chi connectivity index (χ0v) is 15.8. The number of nitrogens with one attached hydrogen (secondary N) is 2. The monoisotopic (exact) mass is 421 g/mol. The molecular weight excluding hydrogens is 410 g/mol. The maximum absolute atomic E-state index is 12.4. The van der Waals surface area contributed by atoms with Crippen LogP contribution in [0.1, 0.15) is 15.2 Å². The standard InChI is InChI=1S/C17H13BrClN3OS/c1-10-4-2-7-13(19)15(10)22-16(23)14-9-20-17(24-14)21-12-6-3-5-11(18)8-12/h2-9H,1H3,(H,20,21)(H,22,23).